The maximum Gasteiger partial charge on any atom is 0.413 e. The monoisotopic (exact) mass is 248 g/mol. The lowest BCUT2D eigenvalue weighted by Crippen LogP contribution is -2.18. The standard InChI is InChI=1S/C13H16N2O3/c1-10(2)18-13(17)15-12-9-11(6-7-14-12)5-3-4-8-16/h6-7,9-10,16H,4,8H2,1-2H3,(H,14,15,17). The van der Waals surface area contributed by atoms with Crippen molar-refractivity contribution in [2.75, 3.05) is 11.9 Å². The summed E-state index contributed by atoms with van der Waals surface area (Å²) < 4.78 is 4.93. The first-order chi connectivity index (χ1) is 8.61. The van der Waals surface area contributed by atoms with Crippen molar-refractivity contribution < 1.29 is 14.6 Å². The molecule has 0 bridgehead atoms. The summed E-state index contributed by atoms with van der Waals surface area (Å²) in [5.41, 5.74) is 0.721. The van der Waals surface area contributed by atoms with E-state index in [-0.39, 0.29) is 12.7 Å². The molecule has 5 heteroatoms. The molecule has 1 aromatic rings. The average Bonchev–Trinajstić information content (AvgIpc) is 2.28. The maximum atomic E-state index is 11.4. The molecule has 1 heterocycles. The molecule has 0 fully saturated rings. The van der Waals surface area contributed by atoms with Crippen LogP contribution in [0.4, 0.5) is 10.6 Å². The first kappa shape index (κ1) is 14.0. The van der Waals surface area contributed by atoms with E-state index in [4.69, 9.17) is 9.84 Å². The molecule has 0 aliphatic rings. The zero-order valence-corrected chi connectivity index (χ0v) is 10.4. The summed E-state index contributed by atoms with van der Waals surface area (Å²) in [5.74, 6) is 6.04. The van der Waals surface area contributed by atoms with Gasteiger partial charge >= 0.3 is 6.09 Å². The van der Waals surface area contributed by atoms with E-state index in [0.29, 0.717) is 12.2 Å². The predicted octanol–water partition coefficient (Wildman–Crippen LogP) is 1.77. The topological polar surface area (TPSA) is 71.5 Å². The minimum atomic E-state index is -0.544. The molecule has 0 unspecified atom stereocenters. The van der Waals surface area contributed by atoms with Crippen LogP contribution in [0.2, 0.25) is 0 Å². The Kier molecular flexibility index (Phi) is 5.68. The first-order valence-corrected chi connectivity index (χ1v) is 5.65. The number of hydrogen-bond donors (Lipinski definition) is 2. The molecule has 5 nitrogen and oxygen atoms in total. The zero-order valence-electron chi connectivity index (χ0n) is 10.4. The molecule has 0 aliphatic heterocycles. The number of rotatable bonds is 3. The van der Waals surface area contributed by atoms with Crippen LogP contribution in [-0.4, -0.2) is 28.9 Å². The lowest BCUT2D eigenvalue weighted by atomic mass is 10.2. The van der Waals surface area contributed by atoms with Gasteiger partial charge in [0.05, 0.1) is 12.7 Å². The van der Waals surface area contributed by atoms with Gasteiger partial charge in [-0.2, -0.15) is 0 Å². The number of nitrogens with one attached hydrogen (secondary N) is 1. The fourth-order valence-electron chi connectivity index (χ4n) is 1.15. The van der Waals surface area contributed by atoms with Crippen LogP contribution in [0.1, 0.15) is 25.8 Å². The molecule has 0 aromatic carbocycles. The Balaban J connectivity index is 2.65. The van der Waals surface area contributed by atoms with E-state index in [9.17, 15) is 4.79 Å². The number of carbonyl (C=O) groups is 1. The van der Waals surface area contributed by atoms with Gasteiger partial charge in [-0.05, 0) is 26.0 Å². The highest BCUT2D eigenvalue weighted by atomic mass is 16.6. The number of aliphatic hydroxyl groups excluding tert-OH is 1. The van der Waals surface area contributed by atoms with E-state index in [1.54, 1.807) is 32.2 Å². The predicted molar refractivity (Wildman–Crippen MR) is 68.1 cm³/mol. The van der Waals surface area contributed by atoms with Crippen LogP contribution < -0.4 is 5.32 Å². The van der Waals surface area contributed by atoms with Gasteiger partial charge in [0.25, 0.3) is 0 Å². The molecule has 1 rings (SSSR count). The highest BCUT2D eigenvalue weighted by Crippen LogP contribution is 2.06. The summed E-state index contributed by atoms with van der Waals surface area (Å²) in [6, 6.07) is 3.37. The quantitative estimate of drug-likeness (QED) is 0.800. The molecule has 96 valence electrons. The molecule has 0 radical (unpaired) electrons. The van der Waals surface area contributed by atoms with Gasteiger partial charge in [0.2, 0.25) is 0 Å². The minimum absolute atomic E-state index is 0.0317. The van der Waals surface area contributed by atoms with Crippen molar-refractivity contribution in [2.24, 2.45) is 0 Å². The Morgan fingerprint density at radius 2 is 2.39 bits per heavy atom. The summed E-state index contributed by atoms with van der Waals surface area (Å²) in [6.45, 7) is 3.57. The van der Waals surface area contributed by atoms with Crippen molar-refractivity contribution >= 4 is 11.9 Å². The van der Waals surface area contributed by atoms with Crippen molar-refractivity contribution in [3.8, 4) is 11.8 Å². The van der Waals surface area contributed by atoms with Gasteiger partial charge in [-0.25, -0.2) is 9.78 Å². The Morgan fingerprint density at radius 1 is 1.61 bits per heavy atom. The largest absolute Gasteiger partial charge is 0.447 e. The molecular weight excluding hydrogens is 232 g/mol. The van der Waals surface area contributed by atoms with Crippen LogP contribution in [0.15, 0.2) is 18.3 Å². The highest BCUT2D eigenvalue weighted by Gasteiger charge is 2.06. The number of ether oxygens (including phenoxy) is 1. The van der Waals surface area contributed by atoms with Crippen LogP contribution in [0.25, 0.3) is 0 Å². The molecule has 1 amide bonds. The van der Waals surface area contributed by atoms with Gasteiger partial charge in [-0.15, -0.1) is 0 Å². The summed E-state index contributed by atoms with van der Waals surface area (Å²) in [4.78, 5) is 15.3. The van der Waals surface area contributed by atoms with E-state index in [1.807, 2.05) is 0 Å². The lowest BCUT2D eigenvalue weighted by molar-refractivity contribution is 0.130. The Bertz CT molecular complexity index is 461. The van der Waals surface area contributed by atoms with Crippen molar-refractivity contribution in [1.29, 1.82) is 0 Å². The van der Waals surface area contributed by atoms with Gasteiger partial charge in [0.1, 0.15) is 5.82 Å². The number of carbonyl (C=O) groups excluding carboxylic acids is 1. The Labute approximate surface area is 106 Å². The number of pyridine rings is 1. The molecule has 0 spiro atoms. The molecule has 0 saturated carbocycles. The molecule has 2 N–H and O–H groups in total. The lowest BCUT2D eigenvalue weighted by Gasteiger charge is -2.08. The second-order valence-corrected chi connectivity index (χ2v) is 3.78. The van der Waals surface area contributed by atoms with Crippen LogP contribution in [0, 0.1) is 11.8 Å². The van der Waals surface area contributed by atoms with Crippen molar-refractivity contribution in [3.63, 3.8) is 0 Å². The Hall–Kier alpha value is -2.06. The number of amides is 1. The first-order valence-electron chi connectivity index (χ1n) is 5.65. The van der Waals surface area contributed by atoms with Gasteiger partial charge in [-0.3, -0.25) is 5.32 Å². The smallest absolute Gasteiger partial charge is 0.413 e. The van der Waals surface area contributed by atoms with E-state index in [2.05, 4.69) is 22.1 Å². The molecule has 0 atom stereocenters. The van der Waals surface area contributed by atoms with E-state index in [0.717, 1.165) is 5.56 Å². The third-order valence-corrected chi connectivity index (χ3v) is 1.80. The number of hydrogen-bond acceptors (Lipinski definition) is 4. The average molecular weight is 248 g/mol. The van der Waals surface area contributed by atoms with Gasteiger partial charge < -0.3 is 9.84 Å². The third kappa shape index (κ3) is 5.32. The molecule has 18 heavy (non-hydrogen) atoms. The van der Waals surface area contributed by atoms with Crippen LogP contribution in [0.5, 0.6) is 0 Å². The number of nitrogens with zero attached hydrogens (tertiary/aromatic N) is 1. The van der Waals surface area contributed by atoms with Gasteiger partial charge in [0, 0.05) is 18.2 Å². The fraction of sp³-hybridized carbons (Fsp3) is 0.385. The summed E-state index contributed by atoms with van der Waals surface area (Å²) in [5, 5.41) is 11.1. The zero-order chi connectivity index (χ0) is 13.4. The van der Waals surface area contributed by atoms with E-state index < -0.39 is 6.09 Å². The number of anilines is 1. The maximum absolute atomic E-state index is 11.4. The van der Waals surface area contributed by atoms with E-state index >= 15 is 0 Å². The Morgan fingerprint density at radius 3 is 3.06 bits per heavy atom. The molecule has 1 aromatic heterocycles. The fourth-order valence-corrected chi connectivity index (χ4v) is 1.15. The molecule has 0 aliphatic carbocycles. The molecular formula is C13H16N2O3. The summed E-state index contributed by atoms with van der Waals surface area (Å²) in [6.07, 6.45) is 1.24. The van der Waals surface area contributed by atoms with Gasteiger partial charge in [0.15, 0.2) is 0 Å². The second kappa shape index (κ2) is 7.30. The van der Waals surface area contributed by atoms with Crippen molar-refractivity contribution in [1.82, 2.24) is 4.98 Å². The van der Waals surface area contributed by atoms with E-state index in [1.165, 1.54) is 0 Å². The SMILES string of the molecule is CC(C)OC(=O)Nc1cc(C#CCCO)ccn1. The molecule has 0 saturated heterocycles. The van der Waals surface area contributed by atoms with Crippen LogP contribution >= 0.6 is 0 Å². The third-order valence-electron chi connectivity index (χ3n) is 1.80. The second-order valence-electron chi connectivity index (χ2n) is 3.78. The van der Waals surface area contributed by atoms with Crippen molar-refractivity contribution in [3.05, 3.63) is 23.9 Å². The van der Waals surface area contributed by atoms with Crippen molar-refractivity contribution in [2.45, 2.75) is 26.4 Å². The van der Waals surface area contributed by atoms with Crippen LogP contribution in [-0.2, 0) is 4.74 Å². The van der Waals surface area contributed by atoms with Crippen LogP contribution in [0.3, 0.4) is 0 Å². The minimum Gasteiger partial charge on any atom is -0.447 e. The normalized spacial score (nSPS) is 9.56. The summed E-state index contributed by atoms with van der Waals surface area (Å²) in [7, 11) is 0. The highest BCUT2D eigenvalue weighted by molar-refractivity contribution is 5.83. The van der Waals surface area contributed by atoms with Gasteiger partial charge in [-0.1, -0.05) is 11.8 Å². The number of aliphatic hydroxyl groups is 1. The summed E-state index contributed by atoms with van der Waals surface area (Å²) >= 11 is 0. The number of aromatic nitrogens is 1.